The van der Waals surface area contributed by atoms with E-state index in [9.17, 15) is 18.0 Å². The highest BCUT2D eigenvalue weighted by Gasteiger charge is 2.33. The summed E-state index contributed by atoms with van der Waals surface area (Å²) in [5.41, 5.74) is 1.12. The van der Waals surface area contributed by atoms with Crippen LogP contribution in [0.2, 0.25) is 0 Å². The van der Waals surface area contributed by atoms with Crippen molar-refractivity contribution in [3.8, 4) is 5.75 Å². The summed E-state index contributed by atoms with van der Waals surface area (Å²) < 4.78 is 34.7. The fourth-order valence-electron chi connectivity index (χ4n) is 4.13. The molecule has 3 aromatic rings. The van der Waals surface area contributed by atoms with Gasteiger partial charge in [0, 0.05) is 17.6 Å². The van der Waals surface area contributed by atoms with Crippen molar-refractivity contribution in [1.82, 2.24) is 10.2 Å². The maximum atomic E-state index is 14.0. The monoisotopic (exact) mass is 629 g/mol. The van der Waals surface area contributed by atoms with E-state index in [4.69, 9.17) is 4.74 Å². The maximum absolute atomic E-state index is 14.0. The first-order valence-electron chi connectivity index (χ1n) is 13.1. The van der Waals surface area contributed by atoms with E-state index in [1.165, 1.54) is 17.0 Å². The lowest BCUT2D eigenvalue weighted by Gasteiger charge is -2.33. The Balaban J connectivity index is 2.02. The third-order valence-electron chi connectivity index (χ3n) is 6.31. The number of methoxy groups -OCH3 is 1. The van der Waals surface area contributed by atoms with Crippen molar-refractivity contribution in [3.05, 3.63) is 88.9 Å². The second-order valence-electron chi connectivity index (χ2n) is 9.73. The molecule has 1 N–H and O–H groups in total. The van der Waals surface area contributed by atoms with Gasteiger partial charge in [0.1, 0.15) is 18.3 Å². The van der Waals surface area contributed by atoms with Crippen LogP contribution in [0.4, 0.5) is 5.69 Å². The molecule has 0 fully saturated rings. The number of anilines is 1. The SMILES string of the molecule is CC[C@H](C(=O)NCC(C)C)N(Cc1ccc(OC)cc1)C(=O)CN(c1ccc(Br)cc1)S(=O)(=O)c1ccccc1. The van der Waals surface area contributed by atoms with Gasteiger partial charge in [0.05, 0.1) is 17.7 Å². The topological polar surface area (TPSA) is 96.0 Å². The zero-order chi connectivity index (χ0) is 29.3. The van der Waals surface area contributed by atoms with Crippen LogP contribution in [-0.2, 0) is 26.2 Å². The molecular formula is C30H36BrN3O5S. The Morgan fingerprint density at radius 3 is 2.12 bits per heavy atom. The van der Waals surface area contributed by atoms with Gasteiger partial charge in [-0.25, -0.2) is 8.42 Å². The van der Waals surface area contributed by atoms with E-state index in [0.29, 0.717) is 24.4 Å². The highest BCUT2D eigenvalue weighted by Crippen LogP contribution is 2.26. The van der Waals surface area contributed by atoms with E-state index in [1.54, 1.807) is 61.7 Å². The van der Waals surface area contributed by atoms with Gasteiger partial charge in [-0.1, -0.05) is 67.0 Å². The Morgan fingerprint density at radius 2 is 1.57 bits per heavy atom. The van der Waals surface area contributed by atoms with Crippen LogP contribution in [0, 0.1) is 5.92 Å². The minimum Gasteiger partial charge on any atom is -0.497 e. The van der Waals surface area contributed by atoms with E-state index in [0.717, 1.165) is 14.3 Å². The first kappa shape index (κ1) is 31.2. The van der Waals surface area contributed by atoms with Gasteiger partial charge in [0.15, 0.2) is 0 Å². The molecule has 0 spiro atoms. The van der Waals surface area contributed by atoms with Gasteiger partial charge in [0.25, 0.3) is 10.0 Å². The van der Waals surface area contributed by atoms with Crippen LogP contribution < -0.4 is 14.4 Å². The van der Waals surface area contributed by atoms with E-state index in [1.807, 2.05) is 32.9 Å². The Bertz CT molecular complexity index is 1360. The number of carbonyl (C=O) groups excluding carboxylic acids is 2. The Hall–Kier alpha value is -3.37. The molecule has 0 heterocycles. The number of nitrogens with one attached hydrogen (secondary N) is 1. The minimum atomic E-state index is -4.10. The highest BCUT2D eigenvalue weighted by atomic mass is 79.9. The molecule has 40 heavy (non-hydrogen) atoms. The number of hydrogen-bond acceptors (Lipinski definition) is 5. The maximum Gasteiger partial charge on any atom is 0.264 e. The molecule has 10 heteroatoms. The molecule has 2 amide bonds. The third kappa shape index (κ3) is 8.08. The smallest absolute Gasteiger partial charge is 0.264 e. The Labute approximate surface area is 245 Å². The molecule has 0 aromatic heterocycles. The summed E-state index contributed by atoms with van der Waals surface area (Å²) >= 11 is 3.38. The lowest BCUT2D eigenvalue weighted by molar-refractivity contribution is -0.140. The zero-order valence-corrected chi connectivity index (χ0v) is 25.6. The van der Waals surface area contributed by atoms with Crippen LogP contribution in [0.5, 0.6) is 5.75 Å². The first-order valence-corrected chi connectivity index (χ1v) is 15.3. The summed E-state index contributed by atoms with van der Waals surface area (Å²) in [6, 6.07) is 21.1. The fraction of sp³-hybridized carbons (Fsp3) is 0.333. The van der Waals surface area contributed by atoms with Crippen LogP contribution in [0.15, 0.2) is 88.2 Å². The Kier molecular flexibility index (Phi) is 11.2. The minimum absolute atomic E-state index is 0.0640. The first-order chi connectivity index (χ1) is 19.1. The molecule has 0 saturated heterocycles. The Morgan fingerprint density at radius 1 is 0.950 bits per heavy atom. The van der Waals surface area contributed by atoms with Crippen LogP contribution in [0.3, 0.4) is 0 Å². The largest absolute Gasteiger partial charge is 0.497 e. The highest BCUT2D eigenvalue weighted by molar-refractivity contribution is 9.10. The summed E-state index contributed by atoms with van der Waals surface area (Å²) in [6.45, 7) is 5.92. The van der Waals surface area contributed by atoms with Gasteiger partial charge < -0.3 is 15.0 Å². The summed E-state index contributed by atoms with van der Waals surface area (Å²) in [7, 11) is -2.53. The number of carbonyl (C=O) groups is 2. The van der Waals surface area contributed by atoms with Crippen molar-refractivity contribution in [2.45, 2.75) is 44.7 Å². The molecule has 1 atom stereocenters. The van der Waals surface area contributed by atoms with Crippen LogP contribution in [-0.4, -0.2) is 51.4 Å². The number of rotatable bonds is 13. The molecule has 0 aliphatic carbocycles. The lowest BCUT2D eigenvalue weighted by atomic mass is 10.1. The second kappa shape index (κ2) is 14.3. The van der Waals surface area contributed by atoms with E-state index >= 15 is 0 Å². The summed E-state index contributed by atoms with van der Waals surface area (Å²) in [5, 5.41) is 2.93. The molecule has 3 aromatic carbocycles. The number of amides is 2. The van der Waals surface area contributed by atoms with Crippen molar-refractivity contribution in [2.75, 3.05) is 24.5 Å². The molecule has 0 aliphatic rings. The van der Waals surface area contributed by atoms with E-state index in [-0.39, 0.29) is 23.3 Å². The molecule has 3 rings (SSSR count). The summed E-state index contributed by atoms with van der Waals surface area (Å²) in [4.78, 5) is 28.8. The molecule has 8 nitrogen and oxygen atoms in total. The summed E-state index contributed by atoms with van der Waals surface area (Å²) in [5.74, 6) is 0.124. The molecule has 0 unspecified atom stereocenters. The standard InChI is InChI=1S/C30H36BrN3O5S/c1-5-28(30(36)32-19-22(2)3)33(20-23-11-17-26(39-4)18-12-23)29(35)21-34(25-15-13-24(31)14-16-25)40(37,38)27-9-7-6-8-10-27/h6-18,22,28H,5,19-21H2,1-4H3,(H,32,36)/t28-/m1/s1. The number of halogens is 1. The lowest BCUT2D eigenvalue weighted by Crippen LogP contribution is -2.52. The average molecular weight is 631 g/mol. The predicted molar refractivity (Wildman–Crippen MR) is 161 cm³/mol. The van der Waals surface area contributed by atoms with Crippen molar-refractivity contribution in [3.63, 3.8) is 0 Å². The van der Waals surface area contributed by atoms with Crippen LogP contribution in [0.25, 0.3) is 0 Å². The van der Waals surface area contributed by atoms with Gasteiger partial charge in [-0.15, -0.1) is 0 Å². The van der Waals surface area contributed by atoms with Gasteiger partial charge in [-0.05, 0) is 66.4 Å². The van der Waals surface area contributed by atoms with Gasteiger partial charge in [-0.2, -0.15) is 0 Å². The molecule has 214 valence electrons. The number of nitrogens with zero attached hydrogens (tertiary/aromatic N) is 2. The van der Waals surface area contributed by atoms with Gasteiger partial charge in [-0.3, -0.25) is 13.9 Å². The summed E-state index contributed by atoms with van der Waals surface area (Å²) in [6.07, 6.45) is 0.357. The van der Waals surface area contributed by atoms with Crippen LogP contribution >= 0.6 is 15.9 Å². The van der Waals surface area contributed by atoms with Crippen molar-refractivity contribution in [1.29, 1.82) is 0 Å². The average Bonchev–Trinajstić information content (AvgIpc) is 2.95. The predicted octanol–water partition coefficient (Wildman–Crippen LogP) is 5.23. The second-order valence-corrected chi connectivity index (χ2v) is 12.5. The molecule has 0 radical (unpaired) electrons. The zero-order valence-electron chi connectivity index (χ0n) is 23.2. The fourth-order valence-corrected chi connectivity index (χ4v) is 5.82. The third-order valence-corrected chi connectivity index (χ3v) is 8.62. The number of sulfonamides is 1. The van der Waals surface area contributed by atoms with Crippen LogP contribution in [0.1, 0.15) is 32.8 Å². The normalized spacial score (nSPS) is 12.1. The van der Waals surface area contributed by atoms with Crippen molar-refractivity contribution >= 4 is 43.5 Å². The molecular weight excluding hydrogens is 594 g/mol. The molecule has 0 saturated carbocycles. The van der Waals surface area contributed by atoms with Crippen molar-refractivity contribution < 1.29 is 22.7 Å². The van der Waals surface area contributed by atoms with E-state index < -0.39 is 28.5 Å². The number of hydrogen-bond donors (Lipinski definition) is 1. The molecule has 0 bridgehead atoms. The van der Waals surface area contributed by atoms with Gasteiger partial charge in [0.2, 0.25) is 11.8 Å². The van der Waals surface area contributed by atoms with E-state index in [2.05, 4.69) is 21.2 Å². The number of ether oxygens (including phenoxy) is 1. The quantitative estimate of drug-likeness (QED) is 0.279. The van der Waals surface area contributed by atoms with Gasteiger partial charge >= 0.3 is 0 Å². The van der Waals surface area contributed by atoms with Crippen molar-refractivity contribution in [2.24, 2.45) is 5.92 Å². The number of benzene rings is 3. The molecule has 0 aliphatic heterocycles.